The largest absolute Gasteiger partial charge is 0.411 e. The van der Waals surface area contributed by atoms with Gasteiger partial charge < -0.3 is 4.74 Å². The Kier molecular flexibility index (Phi) is 6.05. The Morgan fingerprint density at radius 2 is 1.57 bits per heavy atom. The van der Waals surface area contributed by atoms with E-state index in [0.29, 0.717) is 5.33 Å². The van der Waals surface area contributed by atoms with Crippen LogP contribution in [0.4, 0.5) is 13.2 Å². The molecule has 0 aliphatic rings. The monoisotopic (exact) mass is 276 g/mol. The van der Waals surface area contributed by atoms with Crippen LogP contribution in [0.3, 0.4) is 0 Å². The predicted molar refractivity (Wildman–Crippen MR) is 53.7 cm³/mol. The van der Waals surface area contributed by atoms with Gasteiger partial charge in [-0.1, -0.05) is 29.8 Å². The fraction of sp³-hybridized carbons (Fsp3) is 1.00. The lowest BCUT2D eigenvalue weighted by Crippen LogP contribution is -2.30. The minimum absolute atomic E-state index is 0.157. The Labute approximate surface area is 91.1 Å². The van der Waals surface area contributed by atoms with Crippen LogP contribution in [0.1, 0.15) is 26.7 Å². The van der Waals surface area contributed by atoms with Gasteiger partial charge >= 0.3 is 6.18 Å². The first kappa shape index (κ1) is 14.2. The summed E-state index contributed by atoms with van der Waals surface area (Å²) in [6, 6.07) is 0. The molecule has 0 aromatic heterocycles. The van der Waals surface area contributed by atoms with Crippen molar-refractivity contribution in [2.45, 2.75) is 32.9 Å². The number of alkyl halides is 4. The predicted octanol–water partition coefficient (Wildman–Crippen LogP) is 3.77. The molecule has 0 amide bonds. The molecule has 86 valence electrons. The molecule has 0 saturated heterocycles. The highest BCUT2D eigenvalue weighted by Gasteiger charge is 2.31. The molecule has 0 unspecified atom stereocenters. The lowest BCUT2D eigenvalue weighted by molar-refractivity contribution is -0.180. The number of halogens is 4. The van der Waals surface area contributed by atoms with Crippen molar-refractivity contribution < 1.29 is 17.9 Å². The molecule has 0 atom stereocenters. The standard InChI is InChI=1S/C9H16BrF3O/c1-3-8(4-2,5-10)6-14-7-9(11,12)13/h3-7H2,1-2H3. The average molecular weight is 277 g/mol. The fourth-order valence-electron chi connectivity index (χ4n) is 1.06. The Morgan fingerprint density at radius 1 is 1.07 bits per heavy atom. The van der Waals surface area contributed by atoms with Crippen molar-refractivity contribution in [1.29, 1.82) is 0 Å². The molecule has 0 aromatic rings. The average Bonchev–Trinajstić information content (AvgIpc) is 2.11. The van der Waals surface area contributed by atoms with Gasteiger partial charge in [-0.2, -0.15) is 13.2 Å². The van der Waals surface area contributed by atoms with Gasteiger partial charge in [0.1, 0.15) is 6.61 Å². The van der Waals surface area contributed by atoms with Crippen LogP contribution in [0.2, 0.25) is 0 Å². The number of rotatable bonds is 6. The molecule has 0 N–H and O–H groups in total. The first-order valence-corrected chi connectivity index (χ1v) is 5.72. The summed E-state index contributed by atoms with van der Waals surface area (Å²) >= 11 is 3.31. The van der Waals surface area contributed by atoms with Gasteiger partial charge in [-0.25, -0.2) is 0 Å². The van der Waals surface area contributed by atoms with E-state index < -0.39 is 12.8 Å². The molecule has 0 fully saturated rings. The summed E-state index contributed by atoms with van der Waals surface area (Å²) in [5.41, 5.74) is -0.161. The zero-order valence-corrected chi connectivity index (χ0v) is 10.0. The van der Waals surface area contributed by atoms with E-state index in [0.717, 1.165) is 12.8 Å². The van der Waals surface area contributed by atoms with Crippen molar-refractivity contribution in [2.75, 3.05) is 18.5 Å². The first-order chi connectivity index (χ1) is 6.39. The summed E-state index contributed by atoms with van der Waals surface area (Å²) in [4.78, 5) is 0. The molecule has 14 heavy (non-hydrogen) atoms. The minimum Gasteiger partial charge on any atom is -0.371 e. The molecule has 0 aromatic carbocycles. The molecule has 0 aliphatic carbocycles. The molecule has 5 heteroatoms. The molecule has 0 spiro atoms. The first-order valence-electron chi connectivity index (χ1n) is 4.59. The Hall–Kier alpha value is 0.230. The maximum absolute atomic E-state index is 11.8. The molecular weight excluding hydrogens is 261 g/mol. The van der Waals surface area contributed by atoms with Crippen molar-refractivity contribution in [2.24, 2.45) is 5.41 Å². The van der Waals surface area contributed by atoms with Crippen LogP contribution in [0.15, 0.2) is 0 Å². The third-order valence-corrected chi connectivity index (χ3v) is 3.65. The Morgan fingerprint density at radius 3 is 1.86 bits per heavy atom. The fourth-order valence-corrected chi connectivity index (χ4v) is 2.02. The minimum atomic E-state index is -4.22. The molecule has 0 heterocycles. The van der Waals surface area contributed by atoms with Crippen molar-refractivity contribution in [3.63, 3.8) is 0 Å². The van der Waals surface area contributed by atoms with Crippen LogP contribution < -0.4 is 0 Å². The van der Waals surface area contributed by atoms with Gasteiger partial charge in [0.15, 0.2) is 0 Å². The quantitative estimate of drug-likeness (QED) is 0.671. The van der Waals surface area contributed by atoms with Crippen LogP contribution in [-0.2, 0) is 4.74 Å². The van der Waals surface area contributed by atoms with E-state index in [-0.39, 0.29) is 12.0 Å². The van der Waals surface area contributed by atoms with Gasteiger partial charge in [-0.05, 0) is 12.8 Å². The van der Waals surface area contributed by atoms with Crippen LogP contribution in [-0.4, -0.2) is 24.7 Å². The third-order valence-electron chi connectivity index (χ3n) is 2.46. The zero-order valence-electron chi connectivity index (χ0n) is 8.46. The molecule has 1 nitrogen and oxygen atoms in total. The molecule has 0 rings (SSSR count). The topological polar surface area (TPSA) is 9.23 Å². The van der Waals surface area contributed by atoms with E-state index in [1.165, 1.54) is 0 Å². The van der Waals surface area contributed by atoms with Gasteiger partial charge in [0.2, 0.25) is 0 Å². The summed E-state index contributed by atoms with van der Waals surface area (Å²) in [5.74, 6) is 0. The summed E-state index contributed by atoms with van der Waals surface area (Å²) in [6.07, 6.45) is -2.60. The van der Waals surface area contributed by atoms with Crippen molar-refractivity contribution in [3.05, 3.63) is 0 Å². The van der Waals surface area contributed by atoms with Crippen LogP contribution in [0.5, 0.6) is 0 Å². The van der Waals surface area contributed by atoms with Crippen LogP contribution in [0.25, 0.3) is 0 Å². The number of hydrogen-bond donors (Lipinski definition) is 0. The lowest BCUT2D eigenvalue weighted by atomic mass is 9.86. The van der Waals surface area contributed by atoms with Gasteiger partial charge in [0.05, 0.1) is 6.61 Å². The van der Waals surface area contributed by atoms with E-state index in [4.69, 9.17) is 0 Å². The molecule has 0 radical (unpaired) electrons. The SMILES string of the molecule is CCC(CC)(CBr)COCC(F)(F)F. The molecule has 0 bridgehead atoms. The highest BCUT2D eigenvalue weighted by Crippen LogP contribution is 2.29. The third kappa shape index (κ3) is 5.20. The highest BCUT2D eigenvalue weighted by molar-refractivity contribution is 9.09. The maximum atomic E-state index is 11.8. The van der Waals surface area contributed by atoms with Crippen LogP contribution >= 0.6 is 15.9 Å². The second kappa shape index (κ2) is 5.95. The summed E-state index contributed by atoms with van der Waals surface area (Å²) in [7, 11) is 0. The Bertz CT molecular complexity index is 146. The van der Waals surface area contributed by atoms with Gasteiger partial charge in [0, 0.05) is 10.7 Å². The van der Waals surface area contributed by atoms with Crippen molar-refractivity contribution >= 4 is 15.9 Å². The summed E-state index contributed by atoms with van der Waals surface area (Å²) in [5, 5.41) is 0.671. The second-order valence-corrected chi connectivity index (χ2v) is 4.01. The van der Waals surface area contributed by atoms with E-state index in [1.54, 1.807) is 0 Å². The van der Waals surface area contributed by atoms with Crippen molar-refractivity contribution in [3.8, 4) is 0 Å². The van der Waals surface area contributed by atoms with Gasteiger partial charge in [-0.3, -0.25) is 0 Å². The van der Waals surface area contributed by atoms with Crippen LogP contribution in [0, 0.1) is 5.41 Å². The van der Waals surface area contributed by atoms with E-state index in [9.17, 15) is 13.2 Å². The molecule has 0 saturated carbocycles. The smallest absolute Gasteiger partial charge is 0.371 e. The van der Waals surface area contributed by atoms with Crippen molar-refractivity contribution in [1.82, 2.24) is 0 Å². The zero-order chi connectivity index (χ0) is 11.2. The number of ether oxygens (including phenoxy) is 1. The van der Waals surface area contributed by atoms with Gasteiger partial charge in [-0.15, -0.1) is 0 Å². The highest BCUT2D eigenvalue weighted by atomic mass is 79.9. The van der Waals surface area contributed by atoms with E-state index in [2.05, 4.69) is 20.7 Å². The molecular formula is C9H16BrF3O. The molecule has 0 aliphatic heterocycles. The van der Waals surface area contributed by atoms with E-state index >= 15 is 0 Å². The van der Waals surface area contributed by atoms with E-state index in [1.807, 2.05) is 13.8 Å². The Balaban J connectivity index is 3.95. The normalized spacial score (nSPS) is 13.3. The maximum Gasteiger partial charge on any atom is 0.411 e. The number of hydrogen-bond acceptors (Lipinski definition) is 1. The van der Waals surface area contributed by atoms with Gasteiger partial charge in [0.25, 0.3) is 0 Å². The summed E-state index contributed by atoms with van der Waals surface area (Å²) in [6.45, 7) is 2.93. The lowest BCUT2D eigenvalue weighted by Gasteiger charge is -2.29. The summed E-state index contributed by atoms with van der Waals surface area (Å²) < 4.78 is 40.1. The second-order valence-electron chi connectivity index (χ2n) is 3.45.